The van der Waals surface area contributed by atoms with Crippen LogP contribution >= 0.6 is 0 Å². The van der Waals surface area contributed by atoms with Crippen LogP contribution in [0.25, 0.3) is 0 Å². The van der Waals surface area contributed by atoms with Crippen LogP contribution in [0.1, 0.15) is 36.3 Å². The van der Waals surface area contributed by atoms with Gasteiger partial charge in [-0.05, 0) is 45.7 Å². The Morgan fingerprint density at radius 3 is 2.94 bits per heavy atom. The van der Waals surface area contributed by atoms with Gasteiger partial charge < -0.3 is 15.2 Å². The number of carbonyl (C=O) groups excluding carboxylic acids is 1. The fourth-order valence-electron chi connectivity index (χ4n) is 2.53. The lowest BCUT2D eigenvalue weighted by atomic mass is 10.1. The highest BCUT2D eigenvalue weighted by atomic mass is 16.1. The molecule has 2 heterocycles. The van der Waals surface area contributed by atoms with E-state index in [1.807, 2.05) is 13.0 Å². The molecule has 1 saturated heterocycles. The molecule has 0 bridgehead atoms. The molecule has 1 amide bonds. The first-order valence-corrected chi connectivity index (χ1v) is 6.74. The van der Waals surface area contributed by atoms with Crippen LogP contribution in [0.2, 0.25) is 0 Å². The zero-order valence-electron chi connectivity index (χ0n) is 11.5. The molecule has 1 fully saturated rings. The normalized spacial score (nSPS) is 20.6. The van der Waals surface area contributed by atoms with Gasteiger partial charge in [0.15, 0.2) is 0 Å². The Kier molecular flexibility index (Phi) is 4.07. The average molecular weight is 249 g/mol. The van der Waals surface area contributed by atoms with E-state index in [-0.39, 0.29) is 5.91 Å². The summed E-state index contributed by atoms with van der Waals surface area (Å²) in [6.45, 7) is 9.41. The van der Waals surface area contributed by atoms with Gasteiger partial charge in [0, 0.05) is 31.0 Å². The molecule has 18 heavy (non-hydrogen) atoms. The third kappa shape index (κ3) is 2.93. The monoisotopic (exact) mass is 249 g/mol. The van der Waals surface area contributed by atoms with Crippen molar-refractivity contribution in [1.82, 2.24) is 15.2 Å². The van der Waals surface area contributed by atoms with Gasteiger partial charge in [0.25, 0.3) is 5.91 Å². The summed E-state index contributed by atoms with van der Waals surface area (Å²) >= 11 is 0. The van der Waals surface area contributed by atoms with E-state index >= 15 is 0 Å². The fraction of sp³-hybridized carbons (Fsp3) is 0.643. The number of rotatable bonds is 4. The lowest BCUT2D eigenvalue weighted by Crippen LogP contribution is -2.33. The first-order chi connectivity index (χ1) is 8.58. The molecule has 1 aliphatic rings. The Balaban J connectivity index is 1.79. The number of hydrogen-bond donors (Lipinski definition) is 2. The van der Waals surface area contributed by atoms with Gasteiger partial charge in [-0.25, -0.2) is 0 Å². The molecule has 0 unspecified atom stereocenters. The van der Waals surface area contributed by atoms with Crippen LogP contribution in [0, 0.1) is 12.8 Å². The van der Waals surface area contributed by atoms with Crippen LogP contribution < -0.4 is 5.32 Å². The highest BCUT2D eigenvalue weighted by Gasteiger charge is 2.24. The summed E-state index contributed by atoms with van der Waals surface area (Å²) in [5, 5.41) is 3.04. The van der Waals surface area contributed by atoms with Crippen molar-refractivity contribution in [3.63, 3.8) is 0 Å². The predicted octanol–water partition coefficient (Wildman–Crippen LogP) is 1.78. The number of aryl methyl sites for hydroxylation is 1. The molecule has 100 valence electrons. The minimum absolute atomic E-state index is 0.0387. The van der Waals surface area contributed by atoms with E-state index in [9.17, 15) is 4.79 Å². The van der Waals surface area contributed by atoms with E-state index in [0.29, 0.717) is 12.0 Å². The van der Waals surface area contributed by atoms with Gasteiger partial charge in [0.05, 0.1) is 5.56 Å². The molecule has 0 saturated carbocycles. The maximum Gasteiger partial charge on any atom is 0.253 e. The summed E-state index contributed by atoms with van der Waals surface area (Å²) in [4.78, 5) is 17.5. The molecule has 2 rings (SSSR count). The summed E-state index contributed by atoms with van der Waals surface area (Å²) in [7, 11) is 0. The number of amides is 1. The van der Waals surface area contributed by atoms with Crippen LogP contribution in [0.5, 0.6) is 0 Å². The van der Waals surface area contributed by atoms with Gasteiger partial charge in [-0.1, -0.05) is 0 Å². The van der Waals surface area contributed by atoms with Gasteiger partial charge in [0.2, 0.25) is 0 Å². The molecule has 1 aliphatic heterocycles. The van der Waals surface area contributed by atoms with Crippen molar-refractivity contribution in [2.75, 3.05) is 19.6 Å². The zero-order valence-corrected chi connectivity index (χ0v) is 11.5. The highest BCUT2D eigenvalue weighted by Crippen LogP contribution is 2.17. The first kappa shape index (κ1) is 13.1. The maximum atomic E-state index is 12.0. The minimum Gasteiger partial charge on any atom is -0.365 e. The summed E-state index contributed by atoms with van der Waals surface area (Å²) < 4.78 is 0. The molecule has 4 nitrogen and oxygen atoms in total. The summed E-state index contributed by atoms with van der Waals surface area (Å²) in [6, 6.07) is 2.44. The Morgan fingerprint density at radius 1 is 1.61 bits per heavy atom. The van der Waals surface area contributed by atoms with Crippen molar-refractivity contribution in [1.29, 1.82) is 0 Å². The number of H-pyrrole nitrogens is 1. The zero-order chi connectivity index (χ0) is 13.1. The van der Waals surface area contributed by atoms with E-state index < -0.39 is 0 Å². The van der Waals surface area contributed by atoms with Crippen LogP contribution in [0.15, 0.2) is 12.3 Å². The number of aromatic amines is 1. The Hall–Kier alpha value is -1.29. The van der Waals surface area contributed by atoms with Gasteiger partial charge in [-0.15, -0.1) is 0 Å². The summed E-state index contributed by atoms with van der Waals surface area (Å²) in [5.74, 6) is 0.632. The molecule has 0 radical (unpaired) electrons. The smallest absolute Gasteiger partial charge is 0.253 e. The lowest BCUT2D eigenvalue weighted by Gasteiger charge is -2.20. The van der Waals surface area contributed by atoms with Crippen molar-refractivity contribution < 1.29 is 4.79 Å². The number of likely N-dealkylation sites (tertiary alicyclic amines) is 1. The Labute approximate surface area is 109 Å². The molecule has 2 N–H and O–H groups in total. The predicted molar refractivity (Wildman–Crippen MR) is 72.7 cm³/mol. The van der Waals surface area contributed by atoms with Gasteiger partial charge in [0.1, 0.15) is 0 Å². The Morgan fingerprint density at radius 2 is 2.39 bits per heavy atom. The van der Waals surface area contributed by atoms with E-state index in [0.717, 1.165) is 30.9 Å². The van der Waals surface area contributed by atoms with Crippen molar-refractivity contribution in [2.45, 2.75) is 33.2 Å². The van der Waals surface area contributed by atoms with E-state index in [1.54, 1.807) is 6.20 Å². The second kappa shape index (κ2) is 5.57. The van der Waals surface area contributed by atoms with Crippen molar-refractivity contribution in [3.8, 4) is 0 Å². The second-order valence-corrected chi connectivity index (χ2v) is 5.47. The lowest BCUT2D eigenvalue weighted by molar-refractivity contribution is 0.0946. The third-order valence-electron chi connectivity index (χ3n) is 3.80. The standard InChI is InChI=1S/C14H23N3O/c1-10(2)17-7-5-12(9-17)8-16-14(18)13-4-6-15-11(13)3/h4,6,10,12,15H,5,7-9H2,1-3H3,(H,16,18)/t12-/m0/s1. The van der Waals surface area contributed by atoms with Crippen LogP contribution in [0.3, 0.4) is 0 Å². The first-order valence-electron chi connectivity index (χ1n) is 6.74. The quantitative estimate of drug-likeness (QED) is 0.854. The van der Waals surface area contributed by atoms with Gasteiger partial charge >= 0.3 is 0 Å². The van der Waals surface area contributed by atoms with E-state index in [2.05, 4.69) is 29.0 Å². The SMILES string of the molecule is Cc1[nH]ccc1C(=O)NC[C@@H]1CCN(C(C)C)C1. The number of carbonyl (C=O) groups is 1. The summed E-state index contributed by atoms with van der Waals surface area (Å²) in [6.07, 6.45) is 2.99. The molecule has 0 spiro atoms. The van der Waals surface area contributed by atoms with Crippen molar-refractivity contribution in [3.05, 3.63) is 23.5 Å². The maximum absolute atomic E-state index is 12.0. The van der Waals surface area contributed by atoms with Crippen molar-refractivity contribution in [2.24, 2.45) is 5.92 Å². The third-order valence-corrected chi connectivity index (χ3v) is 3.80. The molecular formula is C14H23N3O. The second-order valence-electron chi connectivity index (χ2n) is 5.47. The molecule has 1 aromatic rings. The molecular weight excluding hydrogens is 226 g/mol. The van der Waals surface area contributed by atoms with Gasteiger partial charge in [-0.3, -0.25) is 4.79 Å². The van der Waals surface area contributed by atoms with Crippen molar-refractivity contribution >= 4 is 5.91 Å². The van der Waals surface area contributed by atoms with Crippen LogP contribution in [-0.4, -0.2) is 41.5 Å². The van der Waals surface area contributed by atoms with Crippen LogP contribution in [0.4, 0.5) is 0 Å². The van der Waals surface area contributed by atoms with Gasteiger partial charge in [-0.2, -0.15) is 0 Å². The number of hydrogen-bond acceptors (Lipinski definition) is 2. The molecule has 1 atom stereocenters. The molecule has 4 heteroatoms. The average Bonchev–Trinajstić information content (AvgIpc) is 2.94. The fourth-order valence-corrected chi connectivity index (χ4v) is 2.53. The van der Waals surface area contributed by atoms with Crippen LogP contribution in [-0.2, 0) is 0 Å². The number of nitrogens with one attached hydrogen (secondary N) is 2. The summed E-state index contributed by atoms with van der Waals surface area (Å²) in [5.41, 5.74) is 1.69. The highest BCUT2D eigenvalue weighted by molar-refractivity contribution is 5.95. The molecule has 1 aromatic heterocycles. The minimum atomic E-state index is 0.0387. The molecule has 0 aliphatic carbocycles. The van der Waals surface area contributed by atoms with E-state index in [1.165, 1.54) is 6.42 Å². The topological polar surface area (TPSA) is 48.1 Å². The number of aromatic nitrogens is 1. The number of nitrogens with zero attached hydrogens (tertiary/aromatic N) is 1. The molecule has 0 aromatic carbocycles. The van der Waals surface area contributed by atoms with E-state index in [4.69, 9.17) is 0 Å². The largest absolute Gasteiger partial charge is 0.365 e. The Bertz CT molecular complexity index is 411.